The number of nitrogens with zero attached hydrogens (tertiary/aromatic N) is 1. The second-order valence-corrected chi connectivity index (χ2v) is 8.61. The van der Waals surface area contributed by atoms with Gasteiger partial charge in [-0.2, -0.15) is 0 Å². The van der Waals surface area contributed by atoms with E-state index in [0.717, 1.165) is 28.1 Å². The van der Waals surface area contributed by atoms with Crippen LogP contribution in [0, 0.1) is 0 Å². The third-order valence-electron chi connectivity index (χ3n) is 4.20. The van der Waals surface area contributed by atoms with E-state index in [9.17, 15) is 4.79 Å². The third-order valence-corrected chi connectivity index (χ3v) is 4.20. The Morgan fingerprint density at radius 3 is 2.00 bits per heavy atom. The molecule has 0 unspecified atom stereocenters. The van der Waals surface area contributed by atoms with Crippen molar-refractivity contribution in [2.24, 2.45) is 4.99 Å². The maximum Gasteiger partial charge on any atom is 0.412 e. The van der Waals surface area contributed by atoms with Gasteiger partial charge < -0.3 is 4.74 Å². The highest BCUT2D eigenvalue weighted by Gasteiger charge is 2.19. The molecule has 0 spiro atoms. The Hall–Kier alpha value is -2.62. The van der Waals surface area contributed by atoms with Crippen LogP contribution in [0.3, 0.4) is 0 Å². The summed E-state index contributed by atoms with van der Waals surface area (Å²) in [5.74, 6) is 0.529. The zero-order chi connectivity index (χ0) is 20.9. The first kappa shape index (κ1) is 21.7. The van der Waals surface area contributed by atoms with Crippen molar-refractivity contribution in [2.75, 3.05) is 5.32 Å². The number of amides is 1. The summed E-state index contributed by atoms with van der Waals surface area (Å²) >= 11 is 0. The molecule has 1 N–H and O–H groups in total. The number of hydrogen-bond acceptors (Lipinski definition) is 3. The Bertz CT molecular complexity index is 802. The quantitative estimate of drug-likeness (QED) is 0.566. The highest BCUT2D eigenvalue weighted by atomic mass is 16.6. The van der Waals surface area contributed by atoms with Crippen molar-refractivity contribution in [1.29, 1.82) is 0 Å². The Morgan fingerprint density at radius 2 is 1.54 bits per heavy atom. The molecule has 150 valence electrons. The van der Waals surface area contributed by atoms with Crippen LogP contribution in [0.1, 0.15) is 77.0 Å². The number of ether oxygens (including phenoxy) is 1. The summed E-state index contributed by atoms with van der Waals surface area (Å²) in [6, 6.07) is 14.1. The van der Waals surface area contributed by atoms with Crippen LogP contribution in [0.25, 0.3) is 0 Å². The predicted molar refractivity (Wildman–Crippen MR) is 118 cm³/mol. The monoisotopic (exact) mass is 380 g/mol. The van der Waals surface area contributed by atoms with Crippen LogP contribution < -0.4 is 5.32 Å². The summed E-state index contributed by atoms with van der Waals surface area (Å²) in [7, 11) is 0. The van der Waals surface area contributed by atoms with E-state index in [1.807, 2.05) is 69.5 Å². The van der Waals surface area contributed by atoms with Crippen LogP contribution in [0.15, 0.2) is 47.5 Å². The molecule has 0 bridgehead atoms. The summed E-state index contributed by atoms with van der Waals surface area (Å²) < 4.78 is 5.40. The van der Waals surface area contributed by atoms with E-state index < -0.39 is 11.7 Å². The minimum atomic E-state index is -0.536. The molecule has 4 nitrogen and oxygen atoms in total. The van der Waals surface area contributed by atoms with Gasteiger partial charge in [-0.25, -0.2) is 4.79 Å². The Kier molecular flexibility index (Phi) is 7.00. The molecular formula is C24H32N2O2. The minimum absolute atomic E-state index is 0.265. The lowest BCUT2D eigenvalue weighted by Gasteiger charge is -2.22. The first-order valence-electron chi connectivity index (χ1n) is 9.83. The van der Waals surface area contributed by atoms with Gasteiger partial charge in [0.15, 0.2) is 0 Å². The van der Waals surface area contributed by atoms with Gasteiger partial charge in [-0.3, -0.25) is 10.3 Å². The normalized spacial score (nSPS) is 12.0. The number of rotatable bonds is 5. The molecule has 1 amide bonds. The van der Waals surface area contributed by atoms with Crippen LogP contribution in [-0.4, -0.2) is 17.9 Å². The molecule has 0 heterocycles. The fourth-order valence-electron chi connectivity index (χ4n) is 2.88. The summed E-state index contributed by atoms with van der Waals surface area (Å²) in [5, 5.41) is 2.88. The van der Waals surface area contributed by atoms with E-state index >= 15 is 0 Å². The molecular weight excluding hydrogens is 348 g/mol. The largest absolute Gasteiger partial charge is 0.444 e. The van der Waals surface area contributed by atoms with Gasteiger partial charge in [0.05, 0.1) is 5.69 Å². The Morgan fingerprint density at radius 1 is 1.00 bits per heavy atom. The van der Waals surface area contributed by atoms with Crippen LogP contribution >= 0.6 is 0 Å². The fraction of sp³-hybridized carbons (Fsp3) is 0.417. The van der Waals surface area contributed by atoms with Gasteiger partial charge in [-0.15, -0.1) is 0 Å². The van der Waals surface area contributed by atoms with Crippen molar-refractivity contribution in [3.63, 3.8) is 0 Å². The molecule has 2 rings (SSSR count). The second kappa shape index (κ2) is 9.05. The Labute approximate surface area is 169 Å². The molecule has 0 aliphatic heterocycles. The Balaban J connectivity index is 2.44. The van der Waals surface area contributed by atoms with E-state index in [-0.39, 0.29) is 11.8 Å². The van der Waals surface area contributed by atoms with Crippen molar-refractivity contribution >= 4 is 23.7 Å². The van der Waals surface area contributed by atoms with E-state index in [1.165, 1.54) is 0 Å². The zero-order valence-electron chi connectivity index (χ0n) is 18.0. The third kappa shape index (κ3) is 6.22. The molecule has 0 aliphatic rings. The van der Waals surface area contributed by atoms with Gasteiger partial charge in [0.1, 0.15) is 5.60 Å². The number of anilines is 1. The number of aliphatic imine (C=N–C) groups is 1. The number of nitrogens with one attached hydrogen (secondary N) is 1. The number of carbonyl (C=O) groups is 1. The maximum absolute atomic E-state index is 12.2. The highest BCUT2D eigenvalue weighted by Crippen LogP contribution is 2.37. The topological polar surface area (TPSA) is 50.7 Å². The number of carbonyl (C=O) groups excluding carboxylic acids is 1. The first-order valence-corrected chi connectivity index (χ1v) is 9.83. The molecule has 0 aliphatic carbocycles. The lowest BCUT2D eigenvalue weighted by molar-refractivity contribution is 0.0636. The van der Waals surface area contributed by atoms with E-state index in [0.29, 0.717) is 0 Å². The molecule has 0 saturated carbocycles. The van der Waals surface area contributed by atoms with Gasteiger partial charge in [0, 0.05) is 11.9 Å². The number of hydrogen-bond donors (Lipinski definition) is 1. The molecule has 0 fully saturated rings. The van der Waals surface area contributed by atoms with Crippen LogP contribution in [-0.2, 0) is 4.74 Å². The van der Waals surface area contributed by atoms with Crippen LogP contribution in [0.4, 0.5) is 16.2 Å². The van der Waals surface area contributed by atoms with Crippen LogP contribution in [0.5, 0.6) is 0 Å². The molecule has 0 atom stereocenters. The number of benzene rings is 2. The van der Waals surface area contributed by atoms with Gasteiger partial charge in [-0.05, 0) is 61.4 Å². The fourth-order valence-corrected chi connectivity index (χ4v) is 2.88. The molecule has 2 aromatic carbocycles. The highest BCUT2D eigenvalue weighted by molar-refractivity contribution is 5.87. The van der Waals surface area contributed by atoms with Gasteiger partial charge in [-0.1, -0.05) is 58.0 Å². The van der Waals surface area contributed by atoms with E-state index in [1.54, 1.807) is 0 Å². The lowest BCUT2D eigenvalue weighted by atomic mass is 9.92. The van der Waals surface area contributed by atoms with Crippen molar-refractivity contribution in [1.82, 2.24) is 0 Å². The van der Waals surface area contributed by atoms with Gasteiger partial charge in [0.25, 0.3) is 0 Å². The van der Waals surface area contributed by atoms with Crippen molar-refractivity contribution in [2.45, 2.75) is 65.9 Å². The predicted octanol–water partition coefficient (Wildman–Crippen LogP) is 7.03. The van der Waals surface area contributed by atoms with Crippen molar-refractivity contribution < 1.29 is 9.53 Å². The average molecular weight is 381 g/mol. The van der Waals surface area contributed by atoms with Gasteiger partial charge >= 0.3 is 6.09 Å². The molecule has 0 radical (unpaired) electrons. The minimum Gasteiger partial charge on any atom is -0.444 e. The molecule has 4 heteroatoms. The van der Waals surface area contributed by atoms with Crippen LogP contribution in [0.2, 0.25) is 0 Å². The summed E-state index contributed by atoms with van der Waals surface area (Å²) in [5.41, 5.74) is 4.44. The van der Waals surface area contributed by atoms with Crippen molar-refractivity contribution in [3.8, 4) is 0 Å². The van der Waals surface area contributed by atoms with E-state index in [2.05, 4.69) is 33.0 Å². The maximum atomic E-state index is 12.2. The van der Waals surface area contributed by atoms with E-state index in [4.69, 9.17) is 9.73 Å². The zero-order valence-corrected chi connectivity index (χ0v) is 18.0. The summed E-state index contributed by atoms with van der Waals surface area (Å²) in [6.07, 6.45) is 1.45. The van der Waals surface area contributed by atoms with Crippen molar-refractivity contribution in [3.05, 3.63) is 59.2 Å². The van der Waals surface area contributed by atoms with Gasteiger partial charge in [0.2, 0.25) is 0 Å². The summed E-state index contributed by atoms with van der Waals surface area (Å²) in [4.78, 5) is 17.1. The molecule has 0 saturated heterocycles. The lowest BCUT2D eigenvalue weighted by Crippen LogP contribution is -2.27. The second-order valence-electron chi connectivity index (χ2n) is 8.61. The average Bonchev–Trinajstić information content (AvgIpc) is 2.58. The SMILES string of the molecule is CC(C)c1cc(NC(=O)OC(C)(C)C)cc(C(C)C)c1N=Cc1ccccc1. The summed E-state index contributed by atoms with van der Waals surface area (Å²) in [6.45, 7) is 14.1. The molecule has 28 heavy (non-hydrogen) atoms. The standard InChI is InChI=1S/C24H32N2O2/c1-16(2)20-13-19(26-23(27)28-24(5,6)7)14-21(17(3)4)22(20)25-15-18-11-9-8-10-12-18/h8-17H,1-7H3,(H,26,27). The first-order chi connectivity index (χ1) is 13.1. The smallest absolute Gasteiger partial charge is 0.412 e. The molecule has 0 aromatic heterocycles. The molecule has 2 aromatic rings.